The highest BCUT2D eigenvalue weighted by Crippen LogP contribution is 2.26. The maximum atomic E-state index is 13.3. The maximum absolute atomic E-state index is 13.3. The molecule has 0 bridgehead atoms. The van der Waals surface area contributed by atoms with Crippen molar-refractivity contribution >= 4 is 11.6 Å². The molecule has 0 saturated carbocycles. The molecule has 1 aliphatic rings. The van der Waals surface area contributed by atoms with Crippen molar-refractivity contribution in [1.29, 1.82) is 0 Å². The third-order valence-corrected chi connectivity index (χ3v) is 4.56. The van der Waals surface area contributed by atoms with E-state index in [0.717, 1.165) is 31.6 Å². The van der Waals surface area contributed by atoms with Crippen molar-refractivity contribution in [1.82, 2.24) is 9.80 Å². The fourth-order valence-corrected chi connectivity index (χ4v) is 3.10. The van der Waals surface area contributed by atoms with Crippen LogP contribution in [0, 0.1) is 5.82 Å². The van der Waals surface area contributed by atoms with E-state index in [1.54, 1.807) is 12.1 Å². The Kier molecular flexibility index (Phi) is 5.38. The lowest BCUT2D eigenvalue weighted by Gasteiger charge is -2.42. The van der Waals surface area contributed by atoms with Gasteiger partial charge in [-0.25, -0.2) is 4.39 Å². The van der Waals surface area contributed by atoms with Crippen LogP contribution in [-0.4, -0.2) is 49.1 Å². The van der Waals surface area contributed by atoms with E-state index in [-0.39, 0.29) is 16.9 Å². The first-order valence-corrected chi connectivity index (χ1v) is 7.54. The smallest absolute Gasteiger partial charge is 0.141 e. The van der Waals surface area contributed by atoms with Crippen molar-refractivity contribution in [2.75, 3.05) is 33.2 Å². The normalized spacial score (nSPS) is 22.9. The number of nitrogens with two attached hydrogens (primary N) is 1. The highest BCUT2D eigenvalue weighted by molar-refractivity contribution is 6.30. The molecule has 2 rings (SSSR count). The van der Waals surface area contributed by atoms with Crippen molar-refractivity contribution in [3.05, 3.63) is 34.6 Å². The SMILES string of the molecule is CCC1CN(C(CN)c2ccc(F)c(Cl)c2)CCN1C. The zero-order valence-electron chi connectivity index (χ0n) is 12.1. The molecule has 0 spiro atoms. The summed E-state index contributed by atoms with van der Waals surface area (Å²) in [4.78, 5) is 4.78. The highest BCUT2D eigenvalue weighted by atomic mass is 35.5. The Morgan fingerprint density at radius 3 is 2.80 bits per heavy atom. The monoisotopic (exact) mass is 299 g/mol. The summed E-state index contributed by atoms with van der Waals surface area (Å²) in [7, 11) is 2.16. The third kappa shape index (κ3) is 3.31. The van der Waals surface area contributed by atoms with Crippen LogP contribution in [0.25, 0.3) is 0 Å². The van der Waals surface area contributed by atoms with Crippen molar-refractivity contribution in [3.8, 4) is 0 Å². The molecule has 0 radical (unpaired) electrons. The van der Waals surface area contributed by atoms with Crippen LogP contribution >= 0.6 is 11.6 Å². The second-order valence-electron chi connectivity index (χ2n) is 5.46. The fourth-order valence-electron chi connectivity index (χ4n) is 2.91. The van der Waals surface area contributed by atoms with Gasteiger partial charge in [-0.1, -0.05) is 24.6 Å². The second-order valence-corrected chi connectivity index (χ2v) is 5.87. The van der Waals surface area contributed by atoms with Gasteiger partial charge in [-0.2, -0.15) is 0 Å². The molecular formula is C15H23ClFN3. The summed E-state index contributed by atoms with van der Waals surface area (Å²) in [5.41, 5.74) is 6.95. The van der Waals surface area contributed by atoms with Crippen molar-refractivity contribution in [2.45, 2.75) is 25.4 Å². The molecule has 20 heavy (non-hydrogen) atoms. The summed E-state index contributed by atoms with van der Waals surface area (Å²) in [6.07, 6.45) is 1.12. The van der Waals surface area contributed by atoms with Gasteiger partial charge in [0.1, 0.15) is 5.82 Å². The Morgan fingerprint density at radius 1 is 1.45 bits per heavy atom. The number of hydrogen-bond acceptors (Lipinski definition) is 3. The van der Waals surface area contributed by atoms with Crippen molar-refractivity contribution < 1.29 is 4.39 Å². The molecule has 3 nitrogen and oxygen atoms in total. The maximum Gasteiger partial charge on any atom is 0.141 e. The van der Waals surface area contributed by atoms with Crippen LogP contribution < -0.4 is 5.73 Å². The molecule has 112 valence electrons. The van der Waals surface area contributed by atoms with Crippen LogP contribution in [0.4, 0.5) is 4.39 Å². The Bertz CT molecular complexity index is 455. The average Bonchev–Trinajstić information content (AvgIpc) is 2.45. The molecule has 0 amide bonds. The topological polar surface area (TPSA) is 32.5 Å². The number of hydrogen-bond donors (Lipinski definition) is 1. The largest absolute Gasteiger partial charge is 0.329 e. The minimum absolute atomic E-state index is 0.107. The minimum atomic E-state index is -0.379. The highest BCUT2D eigenvalue weighted by Gasteiger charge is 2.28. The van der Waals surface area contributed by atoms with Crippen LogP contribution in [0.1, 0.15) is 24.9 Å². The van der Waals surface area contributed by atoms with E-state index in [1.165, 1.54) is 6.07 Å². The van der Waals surface area contributed by atoms with E-state index in [2.05, 4.69) is 23.8 Å². The average molecular weight is 300 g/mol. The molecule has 1 aromatic carbocycles. The minimum Gasteiger partial charge on any atom is -0.329 e. The van der Waals surface area contributed by atoms with Crippen LogP contribution in [0.15, 0.2) is 18.2 Å². The van der Waals surface area contributed by atoms with Crippen LogP contribution in [0.2, 0.25) is 5.02 Å². The van der Waals surface area contributed by atoms with Gasteiger partial charge >= 0.3 is 0 Å². The Labute approximate surface area is 125 Å². The molecule has 1 aromatic rings. The van der Waals surface area contributed by atoms with Crippen LogP contribution in [0.3, 0.4) is 0 Å². The molecule has 0 aromatic heterocycles. The number of halogens is 2. The molecule has 5 heteroatoms. The quantitative estimate of drug-likeness (QED) is 0.927. The lowest BCUT2D eigenvalue weighted by atomic mass is 10.0. The van der Waals surface area contributed by atoms with Gasteiger partial charge < -0.3 is 10.6 Å². The fraction of sp³-hybridized carbons (Fsp3) is 0.600. The Balaban J connectivity index is 2.17. The number of benzene rings is 1. The van der Waals surface area contributed by atoms with E-state index in [4.69, 9.17) is 17.3 Å². The summed E-state index contributed by atoms with van der Waals surface area (Å²) in [6.45, 7) is 5.72. The van der Waals surface area contributed by atoms with E-state index in [1.807, 2.05) is 0 Å². The Morgan fingerprint density at radius 2 is 2.20 bits per heavy atom. The number of nitrogens with zero attached hydrogens (tertiary/aromatic N) is 2. The van der Waals surface area contributed by atoms with Gasteiger partial charge in [0.15, 0.2) is 0 Å². The van der Waals surface area contributed by atoms with E-state index in [9.17, 15) is 4.39 Å². The van der Waals surface area contributed by atoms with Crippen LogP contribution in [0.5, 0.6) is 0 Å². The molecule has 1 fully saturated rings. The van der Waals surface area contributed by atoms with Crippen LogP contribution in [-0.2, 0) is 0 Å². The number of rotatable bonds is 4. The molecule has 1 heterocycles. The predicted octanol–water partition coefficient (Wildman–Crippen LogP) is 2.50. The Hall–Kier alpha value is -0.680. The van der Waals surface area contributed by atoms with Crippen molar-refractivity contribution in [2.24, 2.45) is 5.73 Å². The lowest BCUT2D eigenvalue weighted by Crippen LogP contribution is -2.53. The van der Waals surface area contributed by atoms with Crippen molar-refractivity contribution in [3.63, 3.8) is 0 Å². The molecule has 2 N–H and O–H groups in total. The molecule has 2 atom stereocenters. The number of piperazine rings is 1. The van der Waals surface area contributed by atoms with Gasteiger partial charge in [-0.05, 0) is 31.2 Å². The molecular weight excluding hydrogens is 277 g/mol. The van der Waals surface area contributed by atoms with Gasteiger partial charge in [0.05, 0.1) is 5.02 Å². The summed E-state index contributed by atoms with van der Waals surface area (Å²) in [5, 5.41) is 0.169. The second kappa shape index (κ2) is 6.85. The summed E-state index contributed by atoms with van der Waals surface area (Å²) in [6, 6.07) is 5.57. The first kappa shape index (κ1) is 15.7. The summed E-state index contributed by atoms with van der Waals surface area (Å²) >= 11 is 5.89. The van der Waals surface area contributed by atoms with E-state index in [0.29, 0.717) is 12.6 Å². The molecule has 1 saturated heterocycles. The standard InChI is InChI=1S/C15H23ClFN3/c1-3-12-10-20(7-6-19(12)2)15(9-18)11-4-5-14(17)13(16)8-11/h4-5,8,12,15H,3,6-7,9-10,18H2,1-2H3. The van der Waals surface area contributed by atoms with Gasteiger partial charge in [0.2, 0.25) is 0 Å². The summed E-state index contributed by atoms with van der Waals surface area (Å²) in [5.74, 6) is -0.379. The summed E-state index contributed by atoms with van der Waals surface area (Å²) < 4.78 is 13.3. The van der Waals surface area contributed by atoms with E-state index < -0.39 is 0 Å². The first-order valence-electron chi connectivity index (χ1n) is 7.16. The van der Waals surface area contributed by atoms with Gasteiger partial charge in [-0.3, -0.25) is 4.90 Å². The first-order chi connectivity index (χ1) is 9.56. The van der Waals surface area contributed by atoms with Gasteiger partial charge in [0, 0.05) is 38.3 Å². The molecule has 2 unspecified atom stereocenters. The van der Waals surface area contributed by atoms with Gasteiger partial charge in [0.25, 0.3) is 0 Å². The molecule has 0 aliphatic carbocycles. The van der Waals surface area contributed by atoms with Gasteiger partial charge in [-0.15, -0.1) is 0 Å². The zero-order chi connectivity index (χ0) is 14.7. The third-order valence-electron chi connectivity index (χ3n) is 4.27. The van der Waals surface area contributed by atoms with E-state index >= 15 is 0 Å². The lowest BCUT2D eigenvalue weighted by molar-refractivity contribution is 0.0644. The zero-order valence-corrected chi connectivity index (χ0v) is 12.9. The number of likely N-dealkylation sites (N-methyl/N-ethyl adjacent to an activating group) is 1. The molecule has 1 aliphatic heterocycles. The predicted molar refractivity (Wildman–Crippen MR) is 81.5 cm³/mol.